The first-order chi connectivity index (χ1) is 9.70. The minimum Gasteiger partial charge on any atom is -0.321 e. The molecule has 0 unspecified atom stereocenters. The summed E-state index contributed by atoms with van der Waals surface area (Å²) < 4.78 is 13.2. The number of benzene rings is 1. The Kier molecular flexibility index (Phi) is 4.37. The Balaban J connectivity index is 2.27. The van der Waals surface area contributed by atoms with Gasteiger partial charge >= 0.3 is 0 Å². The van der Waals surface area contributed by atoms with E-state index in [1.807, 2.05) is 0 Å². The van der Waals surface area contributed by atoms with Crippen LogP contribution in [-0.4, -0.2) is 22.6 Å². The SMILES string of the molecule is NCC#Cc1cc(F)ccc1NC(=O)c1ccnnc1. The van der Waals surface area contributed by atoms with Crippen molar-refractivity contribution in [1.29, 1.82) is 0 Å². The van der Waals surface area contributed by atoms with Crippen LogP contribution in [0.15, 0.2) is 36.7 Å². The molecule has 2 aromatic rings. The average Bonchev–Trinajstić information content (AvgIpc) is 2.48. The van der Waals surface area contributed by atoms with Crippen molar-refractivity contribution in [3.05, 3.63) is 53.6 Å². The molecule has 1 amide bonds. The van der Waals surface area contributed by atoms with E-state index in [0.29, 0.717) is 16.8 Å². The molecule has 20 heavy (non-hydrogen) atoms. The Morgan fingerprint density at radius 3 is 2.90 bits per heavy atom. The standard InChI is InChI=1S/C14H11FN4O/c15-12-3-4-13(10(8-12)2-1-6-16)19-14(20)11-5-7-17-18-9-11/h3-5,7-9H,6,16H2,(H,19,20). The van der Waals surface area contributed by atoms with E-state index in [1.165, 1.54) is 36.7 Å². The third kappa shape index (κ3) is 3.37. The number of anilines is 1. The van der Waals surface area contributed by atoms with E-state index < -0.39 is 5.82 Å². The van der Waals surface area contributed by atoms with Gasteiger partial charge in [-0.05, 0) is 24.3 Å². The predicted octanol–water partition coefficient (Wildman–Crippen LogP) is 1.18. The highest BCUT2D eigenvalue weighted by molar-refractivity contribution is 6.04. The first-order valence-electron chi connectivity index (χ1n) is 5.77. The van der Waals surface area contributed by atoms with Crippen molar-refractivity contribution in [2.75, 3.05) is 11.9 Å². The lowest BCUT2D eigenvalue weighted by atomic mass is 10.1. The lowest BCUT2D eigenvalue weighted by Gasteiger charge is -2.07. The lowest BCUT2D eigenvalue weighted by Crippen LogP contribution is -2.13. The Labute approximate surface area is 115 Å². The summed E-state index contributed by atoms with van der Waals surface area (Å²) in [6.45, 7) is 0.151. The number of hydrogen-bond donors (Lipinski definition) is 2. The molecule has 0 aliphatic heterocycles. The van der Waals surface area contributed by atoms with Gasteiger partial charge in [-0.15, -0.1) is 0 Å². The number of aromatic nitrogens is 2. The largest absolute Gasteiger partial charge is 0.321 e. The molecule has 0 aliphatic carbocycles. The second-order valence-corrected chi connectivity index (χ2v) is 3.78. The maximum absolute atomic E-state index is 13.2. The lowest BCUT2D eigenvalue weighted by molar-refractivity contribution is 0.102. The Morgan fingerprint density at radius 2 is 2.20 bits per heavy atom. The van der Waals surface area contributed by atoms with Gasteiger partial charge in [0.1, 0.15) is 5.82 Å². The van der Waals surface area contributed by atoms with Crippen LogP contribution in [0, 0.1) is 17.7 Å². The van der Waals surface area contributed by atoms with Gasteiger partial charge in [0.2, 0.25) is 0 Å². The molecule has 0 saturated heterocycles. The fraction of sp³-hybridized carbons (Fsp3) is 0.0714. The third-order valence-corrected chi connectivity index (χ3v) is 2.40. The molecule has 0 bridgehead atoms. The molecule has 1 aromatic carbocycles. The van der Waals surface area contributed by atoms with Gasteiger partial charge in [-0.2, -0.15) is 10.2 Å². The van der Waals surface area contributed by atoms with E-state index in [4.69, 9.17) is 5.73 Å². The molecule has 0 saturated carbocycles. The third-order valence-electron chi connectivity index (χ3n) is 2.40. The van der Waals surface area contributed by atoms with Crippen molar-refractivity contribution in [1.82, 2.24) is 10.2 Å². The first-order valence-corrected chi connectivity index (χ1v) is 5.77. The highest BCUT2D eigenvalue weighted by Gasteiger charge is 2.09. The fourth-order valence-corrected chi connectivity index (χ4v) is 1.49. The average molecular weight is 270 g/mol. The monoisotopic (exact) mass is 270 g/mol. The summed E-state index contributed by atoms with van der Waals surface area (Å²) in [6, 6.07) is 5.45. The highest BCUT2D eigenvalue weighted by Crippen LogP contribution is 2.17. The molecule has 0 spiro atoms. The number of nitrogens with one attached hydrogen (secondary N) is 1. The molecule has 0 aliphatic rings. The molecular formula is C14H11FN4O. The topological polar surface area (TPSA) is 80.9 Å². The van der Waals surface area contributed by atoms with Crippen LogP contribution in [0.3, 0.4) is 0 Å². The van der Waals surface area contributed by atoms with Crippen LogP contribution in [-0.2, 0) is 0 Å². The van der Waals surface area contributed by atoms with Crippen molar-refractivity contribution in [3.63, 3.8) is 0 Å². The second-order valence-electron chi connectivity index (χ2n) is 3.78. The van der Waals surface area contributed by atoms with Gasteiger partial charge in [-0.25, -0.2) is 4.39 Å². The molecule has 6 heteroatoms. The summed E-state index contributed by atoms with van der Waals surface area (Å²) in [5.74, 6) is 4.53. The maximum Gasteiger partial charge on any atom is 0.257 e. The maximum atomic E-state index is 13.2. The zero-order valence-electron chi connectivity index (χ0n) is 10.4. The predicted molar refractivity (Wildman–Crippen MR) is 72.3 cm³/mol. The van der Waals surface area contributed by atoms with Crippen molar-refractivity contribution in [2.45, 2.75) is 0 Å². The summed E-state index contributed by atoms with van der Waals surface area (Å²) in [7, 11) is 0. The number of rotatable bonds is 2. The van der Waals surface area contributed by atoms with Crippen LogP contribution in [0.4, 0.5) is 10.1 Å². The number of carbonyl (C=O) groups excluding carboxylic acids is 1. The van der Waals surface area contributed by atoms with Crippen molar-refractivity contribution >= 4 is 11.6 Å². The molecule has 3 N–H and O–H groups in total. The minimum atomic E-state index is -0.435. The number of carbonyl (C=O) groups is 1. The molecule has 0 atom stereocenters. The van der Waals surface area contributed by atoms with Crippen LogP contribution in [0.2, 0.25) is 0 Å². The van der Waals surface area contributed by atoms with Crippen LogP contribution < -0.4 is 11.1 Å². The van der Waals surface area contributed by atoms with E-state index in [1.54, 1.807) is 0 Å². The van der Waals surface area contributed by atoms with Crippen molar-refractivity contribution < 1.29 is 9.18 Å². The molecule has 5 nitrogen and oxygen atoms in total. The highest BCUT2D eigenvalue weighted by atomic mass is 19.1. The normalized spacial score (nSPS) is 9.50. The smallest absolute Gasteiger partial charge is 0.257 e. The summed E-state index contributed by atoms with van der Waals surface area (Å²) in [5, 5.41) is 9.85. The summed E-state index contributed by atoms with van der Waals surface area (Å²) >= 11 is 0. The quantitative estimate of drug-likeness (QED) is 0.803. The molecular weight excluding hydrogens is 259 g/mol. The van der Waals surface area contributed by atoms with Crippen LogP contribution >= 0.6 is 0 Å². The van der Waals surface area contributed by atoms with E-state index in [2.05, 4.69) is 27.4 Å². The van der Waals surface area contributed by atoms with Gasteiger partial charge in [-0.3, -0.25) is 4.79 Å². The molecule has 2 rings (SSSR count). The van der Waals surface area contributed by atoms with Crippen molar-refractivity contribution in [2.24, 2.45) is 5.73 Å². The summed E-state index contributed by atoms with van der Waals surface area (Å²) in [6.07, 6.45) is 2.75. The van der Waals surface area contributed by atoms with Crippen LogP contribution in [0.25, 0.3) is 0 Å². The van der Waals surface area contributed by atoms with E-state index in [0.717, 1.165) is 0 Å². The van der Waals surface area contributed by atoms with Crippen LogP contribution in [0.1, 0.15) is 15.9 Å². The zero-order valence-corrected chi connectivity index (χ0v) is 10.4. The van der Waals surface area contributed by atoms with Gasteiger partial charge in [0, 0.05) is 0 Å². The number of nitrogens with zero attached hydrogens (tertiary/aromatic N) is 2. The number of halogens is 1. The van der Waals surface area contributed by atoms with Gasteiger partial charge in [0.05, 0.1) is 35.8 Å². The van der Waals surface area contributed by atoms with Crippen molar-refractivity contribution in [3.8, 4) is 11.8 Å². The second kappa shape index (κ2) is 6.41. The summed E-state index contributed by atoms with van der Waals surface area (Å²) in [5.41, 5.74) is 6.41. The van der Waals surface area contributed by atoms with E-state index in [-0.39, 0.29) is 12.5 Å². The molecule has 1 heterocycles. The Hall–Kier alpha value is -2.78. The van der Waals surface area contributed by atoms with Gasteiger partial charge in [-0.1, -0.05) is 11.8 Å². The molecule has 100 valence electrons. The molecule has 1 aromatic heterocycles. The minimum absolute atomic E-state index is 0.151. The van der Waals surface area contributed by atoms with Gasteiger partial charge < -0.3 is 11.1 Å². The van der Waals surface area contributed by atoms with Gasteiger partial charge in [0.15, 0.2) is 0 Å². The summed E-state index contributed by atoms with van der Waals surface area (Å²) in [4.78, 5) is 12.0. The number of nitrogens with two attached hydrogens (primary N) is 1. The zero-order chi connectivity index (χ0) is 14.4. The van der Waals surface area contributed by atoms with Crippen LogP contribution in [0.5, 0.6) is 0 Å². The Bertz CT molecular complexity index is 677. The number of hydrogen-bond acceptors (Lipinski definition) is 4. The van der Waals surface area contributed by atoms with E-state index in [9.17, 15) is 9.18 Å². The fourth-order valence-electron chi connectivity index (χ4n) is 1.49. The molecule has 0 fully saturated rings. The molecule has 0 radical (unpaired) electrons. The Morgan fingerprint density at radius 1 is 1.35 bits per heavy atom. The van der Waals surface area contributed by atoms with Gasteiger partial charge in [0.25, 0.3) is 5.91 Å². The van der Waals surface area contributed by atoms with E-state index >= 15 is 0 Å². The number of amides is 1. The first kappa shape index (κ1) is 13.6.